The predicted molar refractivity (Wildman–Crippen MR) is 75.2 cm³/mol. The van der Waals surface area contributed by atoms with Crippen molar-refractivity contribution in [2.24, 2.45) is 0 Å². The summed E-state index contributed by atoms with van der Waals surface area (Å²) in [5, 5.41) is 0. The van der Waals surface area contributed by atoms with Crippen LogP contribution in [-0.4, -0.2) is 24.6 Å². The first-order valence-corrected chi connectivity index (χ1v) is 6.88. The lowest BCUT2D eigenvalue weighted by atomic mass is 9.77. The molecule has 1 aromatic rings. The van der Waals surface area contributed by atoms with Crippen LogP contribution >= 0.6 is 15.9 Å². The van der Waals surface area contributed by atoms with Gasteiger partial charge in [0.05, 0.1) is 16.8 Å². The lowest BCUT2D eigenvalue weighted by Crippen LogP contribution is -2.41. The molecular formula is C13H14BBrF2O3. The van der Waals surface area contributed by atoms with Crippen LogP contribution in [0.5, 0.6) is 0 Å². The Bertz CT molecular complexity index is 559. The van der Waals surface area contributed by atoms with Crippen molar-refractivity contribution >= 4 is 34.8 Å². The highest BCUT2D eigenvalue weighted by atomic mass is 79.9. The normalized spacial score (nSPS) is 20.2. The molecule has 1 aliphatic heterocycles. The molecular weight excluding hydrogens is 333 g/mol. The average Bonchev–Trinajstić information content (AvgIpc) is 2.47. The Balaban J connectivity index is 2.53. The summed E-state index contributed by atoms with van der Waals surface area (Å²) in [4.78, 5) is 10.8. The molecule has 1 fully saturated rings. The van der Waals surface area contributed by atoms with Gasteiger partial charge in [-0.2, -0.15) is 0 Å². The summed E-state index contributed by atoms with van der Waals surface area (Å²) in [5.41, 5.74) is -1.94. The zero-order chi connectivity index (χ0) is 15.3. The van der Waals surface area contributed by atoms with E-state index in [1.54, 1.807) is 0 Å². The van der Waals surface area contributed by atoms with Gasteiger partial charge in [-0.1, -0.05) is 15.9 Å². The fourth-order valence-corrected chi connectivity index (χ4v) is 2.47. The Morgan fingerprint density at radius 2 is 1.70 bits per heavy atom. The van der Waals surface area contributed by atoms with Crippen molar-refractivity contribution in [1.82, 2.24) is 0 Å². The third-order valence-corrected chi connectivity index (χ3v) is 4.50. The first kappa shape index (κ1) is 15.6. The first-order chi connectivity index (χ1) is 9.10. The SMILES string of the molecule is CC1(C)OB(c2c(Br)cc(F)c(C=O)c2F)OC1(C)C. The summed E-state index contributed by atoms with van der Waals surface area (Å²) in [6.07, 6.45) is 0.145. The highest BCUT2D eigenvalue weighted by molar-refractivity contribution is 9.10. The lowest BCUT2D eigenvalue weighted by Gasteiger charge is -2.32. The van der Waals surface area contributed by atoms with E-state index in [1.165, 1.54) is 0 Å². The Morgan fingerprint density at radius 3 is 2.15 bits per heavy atom. The van der Waals surface area contributed by atoms with Crippen LogP contribution in [0, 0.1) is 11.6 Å². The highest BCUT2D eigenvalue weighted by Gasteiger charge is 2.53. The standard InChI is InChI=1S/C13H14BBrF2O3/c1-12(2)13(3,4)20-14(19-12)10-8(15)5-9(16)7(6-18)11(10)17/h5-6H,1-4H3. The fraction of sp³-hybridized carbons (Fsp3) is 0.462. The van der Waals surface area contributed by atoms with E-state index < -0.39 is 35.5 Å². The van der Waals surface area contributed by atoms with Crippen molar-refractivity contribution < 1.29 is 22.9 Å². The number of carbonyl (C=O) groups is 1. The maximum absolute atomic E-state index is 14.3. The Morgan fingerprint density at radius 1 is 1.20 bits per heavy atom. The van der Waals surface area contributed by atoms with Gasteiger partial charge in [-0.3, -0.25) is 4.79 Å². The lowest BCUT2D eigenvalue weighted by molar-refractivity contribution is 0.00578. The van der Waals surface area contributed by atoms with Crippen LogP contribution in [-0.2, 0) is 9.31 Å². The van der Waals surface area contributed by atoms with Gasteiger partial charge in [0.25, 0.3) is 0 Å². The molecule has 0 aromatic heterocycles. The Kier molecular flexibility index (Phi) is 3.82. The number of hydrogen-bond acceptors (Lipinski definition) is 3. The van der Waals surface area contributed by atoms with Gasteiger partial charge in [-0.15, -0.1) is 0 Å². The molecule has 1 aliphatic rings. The summed E-state index contributed by atoms with van der Waals surface area (Å²) < 4.78 is 39.4. The molecule has 0 bridgehead atoms. The Labute approximate surface area is 124 Å². The average molecular weight is 347 g/mol. The van der Waals surface area contributed by atoms with Crippen LogP contribution in [0.2, 0.25) is 0 Å². The van der Waals surface area contributed by atoms with Crippen molar-refractivity contribution in [2.45, 2.75) is 38.9 Å². The van der Waals surface area contributed by atoms with Gasteiger partial charge >= 0.3 is 7.12 Å². The van der Waals surface area contributed by atoms with E-state index in [1.807, 2.05) is 27.7 Å². The van der Waals surface area contributed by atoms with Crippen LogP contribution < -0.4 is 5.46 Å². The third-order valence-electron chi connectivity index (χ3n) is 3.85. The van der Waals surface area contributed by atoms with Crippen LogP contribution in [0.3, 0.4) is 0 Å². The molecule has 20 heavy (non-hydrogen) atoms. The van der Waals surface area contributed by atoms with Crippen LogP contribution in [0.4, 0.5) is 8.78 Å². The van der Waals surface area contributed by atoms with Gasteiger partial charge in [0.1, 0.15) is 11.6 Å². The molecule has 0 atom stereocenters. The maximum atomic E-state index is 14.3. The quantitative estimate of drug-likeness (QED) is 0.610. The summed E-state index contributed by atoms with van der Waals surface area (Å²) in [7, 11) is -1.01. The minimum atomic E-state index is -1.01. The van der Waals surface area contributed by atoms with E-state index in [9.17, 15) is 13.6 Å². The van der Waals surface area contributed by atoms with Crippen LogP contribution in [0.15, 0.2) is 10.5 Å². The molecule has 0 spiro atoms. The number of halogens is 3. The minimum Gasteiger partial charge on any atom is -0.399 e. The van der Waals surface area contributed by atoms with Crippen LogP contribution in [0.25, 0.3) is 0 Å². The predicted octanol–water partition coefficient (Wildman–Crippen LogP) is 2.84. The van der Waals surface area contributed by atoms with Crippen molar-refractivity contribution in [3.63, 3.8) is 0 Å². The summed E-state index contributed by atoms with van der Waals surface area (Å²) in [5.74, 6) is -1.89. The second-order valence-electron chi connectivity index (χ2n) is 5.69. The van der Waals surface area contributed by atoms with Gasteiger partial charge in [0.2, 0.25) is 0 Å². The van der Waals surface area contributed by atoms with Crippen molar-refractivity contribution in [3.8, 4) is 0 Å². The molecule has 0 N–H and O–H groups in total. The molecule has 0 aliphatic carbocycles. The zero-order valence-electron chi connectivity index (χ0n) is 11.6. The van der Waals surface area contributed by atoms with E-state index in [4.69, 9.17) is 9.31 Å². The van der Waals surface area contributed by atoms with E-state index in [0.29, 0.717) is 0 Å². The number of hydrogen-bond donors (Lipinski definition) is 0. The second kappa shape index (κ2) is 4.89. The van der Waals surface area contributed by atoms with Gasteiger partial charge in [-0.25, -0.2) is 8.78 Å². The van der Waals surface area contributed by atoms with E-state index in [0.717, 1.165) is 6.07 Å². The molecule has 2 rings (SSSR count). The molecule has 0 amide bonds. The topological polar surface area (TPSA) is 35.5 Å². The molecule has 1 aromatic carbocycles. The van der Waals surface area contributed by atoms with E-state index >= 15 is 0 Å². The summed E-state index contributed by atoms with van der Waals surface area (Å²) >= 11 is 3.09. The Hall–Kier alpha value is -0.785. The van der Waals surface area contributed by atoms with Crippen molar-refractivity contribution in [1.29, 1.82) is 0 Å². The number of aldehydes is 1. The largest absolute Gasteiger partial charge is 0.499 e. The smallest absolute Gasteiger partial charge is 0.399 e. The monoisotopic (exact) mass is 346 g/mol. The molecule has 0 saturated carbocycles. The number of benzene rings is 1. The van der Waals surface area contributed by atoms with Crippen LogP contribution in [0.1, 0.15) is 38.1 Å². The molecule has 0 radical (unpaired) electrons. The van der Waals surface area contributed by atoms with Gasteiger partial charge in [0, 0.05) is 9.94 Å². The van der Waals surface area contributed by atoms with E-state index in [-0.39, 0.29) is 16.2 Å². The zero-order valence-corrected chi connectivity index (χ0v) is 13.2. The fourth-order valence-electron chi connectivity index (χ4n) is 1.91. The minimum absolute atomic E-state index is 0.00727. The second-order valence-corrected chi connectivity index (χ2v) is 6.54. The van der Waals surface area contributed by atoms with Gasteiger partial charge in [0.15, 0.2) is 6.29 Å². The van der Waals surface area contributed by atoms with Gasteiger partial charge in [-0.05, 0) is 33.8 Å². The highest BCUT2D eigenvalue weighted by Crippen LogP contribution is 2.37. The molecule has 0 unspecified atom stereocenters. The molecule has 1 saturated heterocycles. The summed E-state index contributed by atoms with van der Waals surface area (Å²) in [6, 6.07) is 1.03. The molecule has 7 heteroatoms. The maximum Gasteiger partial charge on any atom is 0.499 e. The van der Waals surface area contributed by atoms with Crippen molar-refractivity contribution in [3.05, 3.63) is 27.7 Å². The molecule has 108 valence electrons. The molecule has 3 nitrogen and oxygen atoms in total. The number of rotatable bonds is 2. The van der Waals surface area contributed by atoms with Gasteiger partial charge < -0.3 is 9.31 Å². The third kappa shape index (κ3) is 2.32. The molecule has 1 heterocycles. The number of carbonyl (C=O) groups excluding carboxylic acids is 1. The van der Waals surface area contributed by atoms with E-state index in [2.05, 4.69) is 15.9 Å². The van der Waals surface area contributed by atoms with Crippen molar-refractivity contribution in [2.75, 3.05) is 0 Å². The first-order valence-electron chi connectivity index (χ1n) is 6.09. The summed E-state index contributed by atoms with van der Waals surface area (Å²) in [6.45, 7) is 7.29.